The maximum absolute atomic E-state index is 11.0. The van der Waals surface area contributed by atoms with Crippen LogP contribution in [0.15, 0.2) is 24.5 Å². The van der Waals surface area contributed by atoms with E-state index in [1.807, 2.05) is 12.1 Å². The Labute approximate surface area is 77.4 Å². The number of pyridine rings is 1. The van der Waals surface area contributed by atoms with Gasteiger partial charge in [0.15, 0.2) is 0 Å². The van der Waals surface area contributed by atoms with E-state index in [0.717, 1.165) is 5.56 Å². The molecule has 1 amide bonds. The molecule has 1 rings (SSSR count). The third kappa shape index (κ3) is 3.66. The Balaban J connectivity index is 2.31. The van der Waals surface area contributed by atoms with Gasteiger partial charge in [0, 0.05) is 18.9 Å². The molecule has 0 unspecified atom stereocenters. The van der Waals surface area contributed by atoms with Gasteiger partial charge >= 0.3 is 0 Å². The monoisotopic (exact) mass is 179 g/mol. The summed E-state index contributed by atoms with van der Waals surface area (Å²) in [4.78, 5) is 14.9. The highest BCUT2D eigenvalue weighted by atomic mass is 16.1. The van der Waals surface area contributed by atoms with Crippen LogP contribution in [0.3, 0.4) is 0 Å². The number of hydrogen-bond donors (Lipinski definition) is 2. The van der Waals surface area contributed by atoms with E-state index >= 15 is 0 Å². The first kappa shape index (κ1) is 9.67. The summed E-state index contributed by atoms with van der Waals surface area (Å²) in [5, 5.41) is 5.55. The fourth-order valence-corrected chi connectivity index (χ4v) is 0.924. The fraction of sp³-hybridized carbons (Fsp3) is 0.333. The quantitative estimate of drug-likeness (QED) is 0.679. The van der Waals surface area contributed by atoms with Crippen molar-refractivity contribution in [3.8, 4) is 0 Å². The lowest BCUT2D eigenvalue weighted by molar-refractivity contribution is -0.120. The van der Waals surface area contributed by atoms with E-state index in [2.05, 4.69) is 15.6 Å². The van der Waals surface area contributed by atoms with E-state index in [9.17, 15) is 4.79 Å². The lowest BCUT2D eigenvalue weighted by Gasteiger charge is -2.03. The van der Waals surface area contributed by atoms with Crippen LogP contribution in [0.5, 0.6) is 0 Å². The first-order valence-corrected chi connectivity index (χ1v) is 4.13. The molecule has 70 valence electrons. The van der Waals surface area contributed by atoms with Crippen LogP contribution < -0.4 is 10.6 Å². The van der Waals surface area contributed by atoms with Gasteiger partial charge in [-0.2, -0.15) is 0 Å². The fourth-order valence-electron chi connectivity index (χ4n) is 0.924. The van der Waals surface area contributed by atoms with Gasteiger partial charge in [-0.05, 0) is 24.7 Å². The molecule has 1 aromatic heterocycles. The van der Waals surface area contributed by atoms with Crippen LogP contribution in [0.1, 0.15) is 5.56 Å². The smallest absolute Gasteiger partial charge is 0.234 e. The van der Waals surface area contributed by atoms with E-state index < -0.39 is 0 Å². The van der Waals surface area contributed by atoms with Gasteiger partial charge in [0.25, 0.3) is 0 Å². The van der Waals surface area contributed by atoms with E-state index in [4.69, 9.17) is 0 Å². The predicted octanol–water partition coefficient (Wildman–Crippen LogP) is -0.0828. The van der Waals surface area contributed by atoms with Crippen LogP contribution in [0, 0.1) is 0 Å². The molecule has 0 aliphatic heterocycles. The molecule has 0 aliphatic rings. The van der Waals surface area contributed by atoms with Crippen molar-refractivity contribution in [1.82, 2.24) is 15.6 Å². The van der Waals surface area contributed by atoms with E-state index in [-0.39, 0.29) is 5.91 Å². The third-order valence-corrected chi connectivity index (χ3v) is 1.58. The maximum Gasteiger partial charge on any atom is 0.234 e. The minimum atomic E-state index is -0.000637. The van der Waals surface area contributed by atoms with Crippen molar-refractivity contribution in [2.45, 2.75) is 6.54 Å². The number of amides is 1. The van der Waals surface area contributed by atoms with Gasteiger partial charge < -0.3 is 10.6 Å². The largest absolute Gasteiger partial charge is 0.351 e. The highest BCUT2D eigenvalue weighted by Crippen LogP contribution is 1.93. The Morgan fingerprint density at radius 3 is 2.77 bits per heavy atom. The van der Waals surface area contributed by atoms with Crippen molar-refractivity contribution in [2.75, 3.05) is 13.6 Å². The molecule has 0 bridgehead atoms. The minimum Gasteiger partial charge on any atom is -0.351 e. The average molecular weight is 179 g/mol. The Morgan fingerprint density at radius 1 is 1.46 bits per heavy atom. The minimum absolute atomic E-state index is 0.000637. The summed E-state index contributed by atoms with van der Waals surface area (Å²) in [5.74, 6) is -0.000637. The summed E-state index contributed by atoms with van der Waals surface area (Å²) in [6.07, 6.45) is 3.42. The highest BCUT2D eigenvalue weighted by Gasteiger charge is 1.97. The van der Waals surface area contributed by atoms with E-state index in [1.54, 1.807) is 19.4 Å². The lowest BCUT2D eigenvalue weighted by atomic mass is 10.3. The molecule has 0 saturated heterocycles. The third-order valence-electron chi connectivity index (χ3n) is 1.58. The number of carbonyl (C=O) groups excluding carboxylic acids is 1. The Morgan fingerprint density at radius 2 is 2.15 bits per heavy atom. The molecule has 0 radical (unpaired) electrons. The lowest BCUT2D eigenvalue weighted by Crippen LogP contribution is -2.31. The number of rotatable bonds is 4. The first-order chi connectivity index (χ1) is 6.33. The van der Waals surface area contributed by atoms with Gasteiger partial charge in [-0.3, -0.25) is 9.78 Å². The number of nitrogens with one attached hydrogen (secondary N) is 2. The Kier molecular flexibility index (Phi) is 3.92. The molecular weight excluding hydrogens is 166 g/mol. The molecule has 1 aromatic rings. The summed E-state index contributed by atoms with van der Waals surface area (Å²) in [5.41, 5.74) is 1.06. The van der Waals surface area contributed by atoms with Gasteiger partial charge in [-0.15, -0.1) is 0 Å². The molecule has 0 saturated carbocycles. The topological polar surface area (TPSA) is 54.0 Å². The molecule has 13 heavy (non-hydrogen) atoms. The van der Waals surface area contributed by atoms with Crippen LogP contribution in [-0.4, -0.2) is 24.5 Å². The van der Waals surface area contributed by atoms with Gasteiger partial charge in [-0.25, -0.2) is 0 Å². The SMILES string of the molecule is CNCC(=O)NCc1ccncc1. The zero-order valence-electron chi connectivity index (χ0n) is 7.58. The number of carbonyl (C=O) groups is 1. The second kappa shape index (κ2) is 5.27. The van der Waals surface area contributed by atoms with Crippen molar-refractivity contribution >= 4 is 5.91 Å². The Hall–Kier alpha value is -1.42. The van der Waals surface area contributed by atoms with Crippen molar-refractivity contribution in [3.05, 3.63) is 30.1 Å². The standard InChI is InChI=1S/C9H13N3O/c1-10-7-9(13)12-6-8-2-4-11-5-3-8/h2-5,10H,6-7H2,1H3,(H,12,13). The second-order valence-corrected chi connectivity index (χ2v) is 2.66. The molecule has 0 atom stereocenters. The maximum atomic E-state index is 11.0. The summed E-state index contributed by atoms with van der Waals surface area (Å²) in [6, 6.07) is 3.75. The van der Waals surface area contributed by atoms with Crippen molar-refractivity contribution in [2.24, 2.45) is 0 Å². The molecule has 4 nitrogen and oxygen atoms in total. The number of hydrogen-bond acceptors (Lipinski definition) is 3. The Bertz CT molecular complexity index is 261. The van der Waals surface area contributed by atoms with Crippen LogP contribution in [-0.2, 0) is 11.3 Å². The van der Waals surface area contributed by atoms with E-state index in [0.29, 0.717) is 13.1 Å². The molecule has 0 aromatic carbocycles. The van der Waals surface area contributed by atoms with Crippen molar-refractivity contribution in [3.63, 3.8) is 0 Å². The van der Waals surface area contributed by atoms with Gasteiger partial charge in [0.1, 0.15) is 0 Å². The van der Waals surface area contributed by atoms with Gasteiger partial charge in [0.2, 0.25) is 5.91 Å². The average Bonchev–Trinajstić information content (AvgIpc) is 2.17. The molecule has 0 fully saturated rings. The number of nitrogens with zero attached hydrogens (tertiary/aromatic N) is 1. The van der Waals surface area contributed by atoms with Crippen LogP contribution in [0.2, 0.25) is 0 Å². The summed E-state index contributed by atoms with van der Waals surface area (Å²) >= 11 is 0. The van der Waals surface area contributed by atoms with Crippen molar-refractivity contribution < 1.29 is 4.79 Å². The van der Waals surface area contributed by atoms with Crippen LogP contribution in [0.4, 0.5) is 0 Å². The molecule has 4 heteroatoms. The van der Waals surface area contributed by atoms with Gasteiger partial charge in [-0.1, -0.05) is 0 Å². The van der Waals surface area contributed by atoms with E-state index in [1.165, 1.54) is 0 Å². The zero-order valence-corrected chi connectivity index (χ0v) is 7.58. The second-order valence-electron chi connectivity index (χ2n) is 2.66. The van der Waals surface area contributed by atoms with Crippen molar-refractivity contribution in [1.29, 1.82) is 0 Å². The van der Waals surface area contributed by atoms with Gasteiger partial charge in [0.05, 0.1) is 6.54 Å². The molecule has 1 heterocycles. The first-order valence-electron chi connectivity index (χ1n) is 4.13. The summed E-state index contributed by atoms with van der Waals surface area (Å²) in [7, 11) is 1.74. The summed E-state index contributed by atoms with van der Waals surface area (Å²) < 4.78 is 0. The van der Waals surface area contributed by atoms with Crippen LogP contribution >= 0.6 is 0 Å². The highest BCUT2D eigenvalue weighted by molar-refractivity contribution is 5.77. The zero-order chi connectivity index (χ0) is 9.52. The normalized spacial score (nSPS) is 9.62. The summed E-state index contributed by atoms with van der Waals surface area (Å²) in [6.45, 7) is 0.911. The predicted molar refractivity (Wildman–Crippen MR) is 50.0 cm³/mol. The molecular formula is C9H13N3O. The number of likely N-dealkylation sites (N-methyl/N-ethyl adjacent to an activating group) is 1. The van der Waals surface area contributed by atoms with Crippen LogP contribution in [0.25, 0.3) is 0 Å². The molecule has 2 N–H and O–H groups in total. The number of aromatic nitrogens is 1. The molecule has 0 aliphatic carbocycles. The molecule has 0 spiro atoms.